The van der Waals surface area contributed by atoms with Crippen molar-refractivity contribution in [3.05, 3.63) is 28.2 Å². The van der Waals surface area contributed by atoms with Crippen LogP contribution >= 0.6 is 15.9 Å². The summed E-state index contributed by atoms with van der Waals surface area (Å²) in [7, 11) is 2.16. The van der Waals surface area contributed by atoms with Crippen LogP contribution in [-0.4, -0.2) is 18.7 Å². The highest BCUT2D eigenvalue weighted by molar-refractivity contribution is 9.10. The molecule has 3 heteroatoms. The Morgan fingerprint density at radius 3 is 2.58 bits per heavy atom. The second-order valence-electron chi connectivity index (χ2n) is 5.77. The number of hydrogen-bond donors (Lipinski definition) is 1. The van der Waals surface area contributed by atoms with Crippen molar-refractivity contribution in [1.82, 2.24) is 0 Å². The zero-order chi connectivity index (χ0) is 13.8. The summed E-state index contributed by atoms with van der Waals surface area (Å²) >= 11 is 3.63. The van der Waals surface area contributed by atoms with Crippen LogP contribution < -0.4 is 4.90 Å². The van der Waals surface area contributed by atoms with Crippen LogP contribution in [0.1, 0.15) is 50.7 Å². The maximum absolute atomic E-state index is 9.60. The zero-order valence-electron chi connectivity index (χ0n) is 11.9. The van der Waals surface area contributed by atoms with Gasteiger partial charge in [0.05, 0.1) is 11.8 Å². The minimum Gasteiger partial charge on any atom is -0.389 e. The fourth-order valence-corrected chi connectivity index (χ4v) is 3.65. The monoisotopic (exact) mass is 325 g/mol. The van der Waals surface area contributed by atoms with Gasteiger partial charge in [-0.05, 0) is 59.3 Å². The molecule has 1 aliphatic rings. The average molecular weight is 326 g/mol. The van der Waals surface area contributed by atoms with Crippen molar-refractivity contribution in [2.75, 3.05) is 18.5 Å². The molecule has 0 saturated heterocycles. The van der Waals surface area contributed by atoms with Gasteiger partial charge in [-0.25, -0.2) is 0 Å². The van der Waals surface area contributed by atoms with Crippen LogP contribution in [0, 0.1) is 5.92 Å². The minimum absolute atomic E-state index is 0.408. The Bertz CT molecular complexity index is 413. The number of aliphatic hydroxyl groups is 1. The Morgan fingerprint density at radius 2 is 2.00 bits per heavy atom. The van der Waals surface area contributed by atoms with Crippen LogP contribution in [0.4, 0.5) is 5.69 Å². The van der Waals surface area contributed by atoms with E-state index in [1.54, 1.807) is 6.92 Å². The summed E-state index contributed by atoms with van der Waals surface area (Å²) in [4.78, 5) is 2.34. The molecule has 1 saturated carbocycles. The topological polar surface area (TPSA) is 23.5 Å². The zero-order valence-corrected chi connectivity index (χ0v) is 13.5. The van der Waals surface area contributed by atoms with Gasteiger partial charge in [0.2, 0.25) is 0 Å². The molecular weight excluding hydrogens is 302 g/mol. The third kappa shape index (κ3) is 3.96. The minimum atomic E-state index is -0.408. The number of anilines is 1. The lowest BCUT2D eigenvalue weighted by molar-refractivity contribution is 0.199. The maximum atomic E-state index is 9.60. The van der Waals surface area contributed by atoms with E-state index < -0.39 is 6.10 Å². The largest absolute Gasteiger partial charge is 0.389 e. The summed E-state index contributed by atoms with van der Waals surface area (Å²) in [6.45, 7) is 2.93. The van der Waals surface area contributed by atoms with Gasteiger partial charge < -0.3 is 10.0 Å². The Labute approximate surface area is 124 Å². The number of aliphatic hydroxyl groups excluding tert-OH is 1. The van der Waals surface area contributed by atoms with Crippen molar-refractivity contribution >= 4 is 21.6 Å². The first-order valence-corrected chi connectivity index (χ1v) is 8.06. The summed E-state index contributed by atoms with van der Waals surface area (Å²) in [5.74, 6) is 0.835. The molecular formula is C16H24BrNO. The van der Waals surface area contributed by atoms with Crippen molar-refractivity contribution in [2.24, 2.45) is 5.92 Å². The van der Waals surface area contributed by atoms with Crippen LogP contribution in [0.25, 0.3) is 0 Å². The molecule has 106 valence electrons. The van der Waals surface area contributed by atoms with Gasteiger partial charge in [-0.1, -0.05) is 25.3 Å². The van der Waals surface area contributed by atoms with E-state index in [0.717, 1.165) is 22.5 Å². The van der Waals surface area contributed by atoms with Crippen molar-refractivity contribution in [1.29, 1.82) is 0 Å². The molecule has 1 fully saturated rings. The molecule has 0 aromatic heterocycles. The lowest BCUT2D eigenvalue weighted by Gasteiger charge is -2.29. The summed E-state index contributed by atoms with van der Waals surface area (Å²) in [6.07, 6.45) is 6.52. The molecule has 0 radical (unpaired) electrons. The molecule has 2 nitrogen and oxygen atoms in total. The molecule has 0 bridgehead atoms. The second-order valence-corrected chi connectivity index (χ2v) is 6.63. The molecule has 1 unspecified atom stereocenters. The fraction of sp³-hybridized carbons (Fsp3) is 0.625. The molecule has 2 rings (SSSR count). The van der Waals surface area contributed by atoms with E-state index in [-0.39, 0.29) is 0 Å². The third-order valence-electron chi connectivity index (χ3n) is 4.12. The van der Waals surface area contributed by atoms with Crippen LogP contribution in [0.3, 0.4) is 0 Å². The van der Waals surface area contributed by atoms with Crippen LogP contribution in [0.5, 0.6) is 0 Å². The van der Waals surface area contributed by atoms with Crippen LogP contribution in [0.2, 0.25) is 0 Å². The summed E-state index contributed by atoms with van der Waals surface area (Å²) in [5, 5.41) is 9.60. The first-order valence-electron chi connectivity index (χ1n) is 7.26. The molecule has 0 aliphatic heterocycles. The van der Waals surface area contributed by atoms with Crippen molar-refractivity contribution < 1.29 is 5.11 Å². The Morgan fingerprint density at radius 1 is 1.32 bits per heavy atom. The Hall–Kier alpha value is -0.540. The molecule has 1 aliphatic carbocycles. The van der Waals surface area contributed by atoms with Crippen molar-refractivity contribution in [2.45, 2.75) is 45.1 Å². The van der Waals surface area contributed by atoms with E-state index in [9.17, 15) is 5.11 Å². The van der Waals surface area contributed by atoms with Crippen molar-refractivity contribution in [3.8, 4) is 0 Å². The molecule has 1 aromatic rings. The van der Waals surface area contributed by atoms with Gasteiger partial charge in [0.25, 0.3) is 0 Å². The Balaban J connectivity index is 2.03. The number of nitrogens with zero attached hydrogens (tertiary/aromatic N) is 1. The molecule has 0 spiro atoms. The normalized spacial score (nSPS) is 18.3. The third-order valence-corrected chi connectivity index (χ3v) is 4.76. The molecule has 19 heavy (non-hydrogen) atoms. The van der Waals surface area contributed by atoms with Crippen LogP contribution in [-0.2, 0) is 0 Å². The van der Waals surface area contributed by atoms with E-state index in [0.29, 0.717) is 0 Å². The number of rotatable bonds is 4. The van der Waals surface area contributed by atoms with E-state index in [1.807, 2.05) is 12.1 Å². The van der Waals surface area contributed by atoms with Gasteiger partial charge in [0.15, 0.2) is 0 Å². The lowest BCUT2D eigenvalue weighted by Crippen LogP contribution is -2.27. The SMILES string of the molecule is CC(O)c1ccc(N(C)CC2CCCCC2)c(Br)c1. The molecule has 1 atom stereocenters. The van der Waals surface area contributed by atoms with E-state index >= 15 is 0 Å². The van der Waals surface area contributed by atoms with Gasteiger partial charge in [0, 0.05) is 18.1 Å². The quantitative estimate of drug-likeness (QED) is 0.879. The standard InChI is InChI=1S/C16H24BrNO/c1-12(19)14-8-9-16(15(17)10-14)18(2)11-13-6-4-3-5-7-13/h8-10,12-13,19H,3-7,11H2,1-2H3. The molecule has 0 heterocycles. The average Bonchev–Trinajstić information content (AvgIpc) is 2.39. The molecule has 0 amide bonds. The van der Waals surface area contributed by atoms with E-state index in [2.05, 4.69) is 33.9 Å². The number of halogens is 1. The summed E-state index contributed by atoms with van der Waals surface area (Å²) in [5.41, 5.74) is 2.18. The highest BCUT2D eigenvalue weighted by Gasteiger charge is 2.17. The van der Waals surface area contributed by atoms with E-state index in [1.165, 1.54) is 37.8 Å². The fourth-order valence-electron chi connectivity index (χ4n) is 2.95. The van der Waals surface area contributed by atoms with Gasteiger partial charge in [-0.15, -0.1) is 0 Å². The van der Waals surface area contributed by atoms with Crippen LogP contribution in [0.15, 0.2) is 22.7 Å². The highest BCUT2D eigenvalue weighted by Crippen LogP contribution is 2.31. The second kappa shape index (κ2) is 6.76. The van der Waals surface area contributed by atoms with Gasteiger partial charge in [-0.2, -0.15) is 0 Å². The summed E-state index contributed by atoms with van der Waals surface area (Å²) < 4.78 is 1.07. The highest BCUT2D eigenvalue weighted by atomic mass is 79.9. The smallest absolute Gasteiger partial charge is 0.0762 e. The number of benzene rings is 1. The Kier molecular flexibility index (Phi) is 5.28. The predicted molar refractivity (Wildman–Crippen MR) is 84.6 cm³/mol. The molecule has 1 N–H and O–H groups in total. The maximum Gasteiger partial charge on any atom is 0.0762 e. The first kappa shape index (κ1) is 14.9. The van der Waals surface area contributed by atoms with Gasteiger partial charge in [-0.3, -0.25) is 0 Å². The molecule has 1 aromatic carbocycles. The lowest BCUT2D eigenvalue weighted by atomic mass is 9.89. The predicted octanol–water partition coefficient (Wildman–Crippen LogP) is 4.52. The van der Waals surface area contributed by atoms with E-state index in [4.69, 9.17) is 0 Å². The number of hydrogen-bond acceptors (Lipinski definition) is 2. The summed E-state index contributed by atoms with van der Waals surface area (Å²) in [6, 6.07) is 6.15. The van der Waals surface area contributed by atoms with Crippen molar-refractivity contribution in [3.63, 3.8) is 0 Å². The van der Waals surface area contributed by atoms with Gasteiger partial charge in [0.1, 0.15) is 0 Å². The van der Waals surface area contributed by atoms with Gasteiger partial charge >= 0.3 is 0 Å². The first-order chi connectivity index (χ1) is 9.08.